The normalized spacial score (nSPS) is 11.3. The molecule has 0 aliphatic carbocycles. The number of hydrogen-bond donors (Lipinski definition) is 0. The Kier molecular flexibility index (Phi) is 19.9. The molecule has 0 spiro atoms. The lowest BCUT2D eigenvalue weighted by molar-refractivity contribution is 1.16. The van der Waals surface area contributed by atoms with Gasteiger partial charge in [0.15, 0.2) is 0 Å². The van der Waals surface area contributed by atoms with Crippen LogP contribution in [0.3, 0.4) is 0 Å². The quantitative estimate of drug-likeness (QED) is 0.0847. The number of nitrogens with zero attached hydrogens (tertiary/aromatic N) is 6. The molecule has 0 heterocycles. The third-order valence-electron chi connectivity index (χ3n) is 20.6. The van der Waals surface area contributed by atoms with Gasteiger partial charge in [0.25, 0.3) is 0 Å². The minimum atomic E-state index is 1.03. The Hall–Kier alpha value is -11.3. The summed E-state index contributed by atoms with van der Waals surface area (Å²) in [5.74, 6) is 0. The minimum Gasteiger partial charge on any atom is -0.311 e. The van der Waals surface area contributed by atoms with Crippen molar-refractivity contribution >= 4 is 102 Å². The van der Waals surface area contributed by atoms with Gasteiger partial charge in [0.05, 0.1) is 34.1 Å². The average Bonchev–Trinajstić information content (AvgIpc) is 0.747. The van der Waals surface area contributed by atoms with Gasteiger partial charge in [0.2, 0.25) is 0 Å². The van der Waals surface area contributed by atoms with Crippen LogP contribution in [-0.4, -0.2) is 0 Å². The van der Waals surface area contributed by atoms with Crippen LogP contribution in [0.25, 0.3) is 0 Å². The molecule has 0 aromatic heterocycles. The van der Waals surface area contributed by atoms with Crippen LogP contribution in [0.4, 0.5) is 102 Å². The van der Waals surface area contributed by atoms with Gasteiger partial charge in [-0.1, -0.05) is 142 Å². The maximum absolute atomic E-state index is 2.49. The highest BCUT2D eigenvalue weighted by Gasteiger charge is 2.27. The molecule has 0 saturated carbocycles. The first-order valence-electron chi connectivity index (χ1n) is 36.7. The Balaban J connectivity index is 0.917. The van der Waals surface area contributed by atoms with Crippen LogP contribution in [0.1, 0.15) is 111 Å². The van der Waals surface area contributed by atoms with Crippen molar-refractivity contribution in [2.75, 3.05) is 29.4 Å². The number of hydrogen-bond acceptors (Lipinski definition) is 6. The lowest BCUT2D eigenvalue weighted by atomic mass is 9.98. The fourth-order valence-electron chi connectivity index (χ4n) is 16.7. The second-order valence-corrected chi connectivity index (χ2v) is 29.7. The monoisotopic (exact) mass is 1360 g/mol. The molecule has 0 aliphatic rings. The first-order valence-corrected chi connectivity index (χ1v) is 36.7. The fraction of sp³-hybridized carbons (Fsp3) is 0.204. The van der Waals surface area contributed by atoms with E-state index in [1.165, 1.54) is 145 Å². The molecule has 0 N–H and O–H groups in total. The van der Waals surface area contributed by atoms with Gasteiger partial charge in [-0.05, 0) is 351 Å². The van der Waals surface area contributed by atoms with Crippen molar-refractivity contribution in [1.29, 1.82) is 0 Å². The van der Waals surface area contributed by atoms with E-state index in [2.05, 4.69) is 411 Å². The van der Waals surface area contributed by atoms with Gasteiger partial charge in [0.1, 0.15) is 0 Å². The third kappa shape index (κ3) is 14.2. The van der Waals surface area contributed by atoms with Crippen LogP contribution >= 0.6 is 0 Å². The molecule has 13 aromatic rings. The van der Waals surface area contributed by atoms with Gasteiger partial charge < -0.3 is 29.4 Å². The Morgan fingerprint density at radius 2 is 0.221 bits per heavy atom. The molecule has 0 saturated heterocycles. The Morgan fingerprint density at radius 1 is 0.115 bits per heavy atom. The zero-order chi connectivity index (χ0) is 73.7. The summed E-state index contributed by atoms with van der Waals surface area (Å²) < 4.78 is 0. The van der Waals surface area contributed by atoms with Crippen LogP contribution in [0.15, 0.2) is 243 Å². The van der Waals surface area contributed by atoms with Crippen molar-refractivity contribution in [3.8, 4) is 0 Å². The third-order valence-corrected chi connectivity index (χ3v) is 20.6. The van der Waals surface area contributed by atoms with Crippen molar-refractivity contribution in [1.82, 2.24) is 0 Å². The van der Waals surface area contributed by atoms with Gasteiger partial charge in [-0.2, -0.15) is 0 Å². The van der Waals surface area contributed by atoms with Crippen LogP contribution < -0.4 is 29.4 Å². The van der Waals surface area contributed by atoms with Crippen LogP contribution in [0.2, 0.25) is 0 Å². The number of benzene rings is 13. The Bertz CT molecular complexity index is 5080. The molecule has 0 aliphatic heterocycles. The van der Waals surface area contributed by atoms with Crippen LogP contribution in [0, 0.1) is 138 Å². The molecule has 13 aromatic carbocycles. The summed E-state index contributed by atoms with van der Waals surface area (Å²) in [6, 6.07) is 91.4. The highest BCUT2D eigenvalue weighted by atomic mass is 15.2. The smallest absolute Gasteiger partial charge is 0.0520 e. The maximum Gasteiger partial charge on any atom is 0.0520 e. The zero-order valence-corrected chi connectivity index (χ0v) is 64.8. The first kappa shape index (κ1) is 71.1. The molecule has 0 radical (unpaired) electrons. The average molecular weight is 1360 g/mol. The molecule has 0 bridgehead atoms. The van der Waals surface area contributed by atoms with Crippen molar-refractivity contribution in [3.05, 3.63) is 354 Å². The van der Waals surface area contributed by atoms with Crippen molar-refractivity contribution < 1.29 is 0 Å². The summed E-state index contributed by atoms with van der Waals surface area (Å²) in [7, 11) is 0. The highest BCUT2D eigenvalue weighted by Crippen LogP contribution is 2.50. The Labute approximate surface area is 620 Å². The van der Waals surface area contributed by atoms with E-state index in [4.69, 9.17) is 0 Å². The van der Waals surface area contributed by atoms with E-state index in [9.17, 15) is 0 Å². The SMILES string of the molecule is Cc1ccc(N(c2ccc(N(c3ccc(N(c4ccc(C)cc4)c4c(C)cc(C)cc4C)cc3)c3ccc(N(c4c(C)cc(C)cc4C)c4c(C)cc(C)cc4C)cc3)cc2)c2ccc(N(c3ccc(N(c4c(C)cc(C)cc4C)c4c(C)cc(C)cc4C)cc3)c3c(C)cc(C)cc3C)cc2)cc1. The fourth-order valence-corrected chi connectivity index (χ4v) is 16.7. The van der Waals surface area contributed by atoms with Gasteiger partial charge in [-0.15, -0.1) is 0 Å². The maximum atomic E-state index is 2.49. The van der Waals surface area contributed by atoms with E-state index in [-0.39, 0.29) is 0 Å². The van der Waals surface area contributed by atoms with Gasteiger partial charge >= 0.3 is 0 Å². The lowest BCUT2D eigenvalue weighted by Crippen LogP contribution is -2.17. The molecule has 522 valence electrons. The molecule has 13 rings (SSSR count). The summed E-state index contributed by atoms with van der Waals surface area (Å²) in [6.07, 6.45) is 0. The topological polar surface area (TPSA) is 19.4 Å². The zero-order valence-electron chi connectivity index (χ0n) is 64.8. The molecular weight excluding hydrogens is 1260 g/mol. The van der Waals surface area contributed by atoms with E-state index >= 15 is 0 Å². The van der Waals surface area contributed by atoms with E-state index in [0.29, 0.717) is 0 Å². The molecule has 6 heteroatoms. The first-order chi connectivity index (χ1) is 49.8. The summed E-state index contributed by atoms with van der Waals surface area (Å²) >= 11 is 0. The highest BCUT2D eigenvalue weighted by molar-refractivity contribution is 5.91. The molecule has 0 fully saturated rings. The summed E-state index contributed by atoms with van der Waals surface area (Å²) in [5, 5.41) is 0. The lowest BCUT2D eigenvalue weighted by Gasteiger charge is -2.33. The van der Waals surface area contributed by atoms with Crippen molar-refractivity contribution in [2.45, 2.75) is 138 Å². The van der Waals surface area contributed by atoms with Crippen LogP contribution in [-0.2, 0) is 0 Å². The molecule has 0 unspecified atom stereocenters. The molecule has 0 amide bonds. The van der Waals surface area contributed by atoms with E-state index in [1.54, 1.807) is 0 Å². The van der Waals surface area contributed by atoms with Crippen molar-refractivity contribution in [2.24, 2.45) is 0 Å². The second kappa shape index (κ2) is 29.2. The standard InChI is InChI=1S/C98H100N6/c1-61-21-25-81(26-22-61)99(84-33-41-89(42-34-84)102(94-71(11)51-64(4)52-72(94)12)90-43-47-92(48-44-90)104(97-77(17)57-67(7)58-78(97)18)98-79(19)59-68(8)60-80(98)20)82-29-31-83(32-30-82)100(85-35-39-88(40-36-85)101(87-27-23-62(2)24-28-87)93-69(9)49-63(3)50-70(93)10)86-37-45-91(46-38-86)103(95-73(13)53-65(5)54-74(95)14)96-75(15)55-66(6)56-76(96)16/h21-60H,1-20H3. The molecule has 6 nitrogen and oxygen atoms in total. The van der Waals surface area contributed by atoms with Gasteiger partial charge in [-0.25, -0.2) is 0 Å². The van der Waals surface area contributed by atoms with Gasteiger partial charge in [-0.3, -0.25) is 0 Å². The largest absolute Gasteiger partial charge is 0.311 e. The second-order valence-electron chi connectivity index (χ2n) is 29.7. The number of aryl methyl sites for hydroxylation is 20. The van der Waals surface area contributed by atoms with E-state index < -0.39 is 0 Å². The number of anilines is 18. The van der Waals surface area contributed by atoms with Crippen molar-refractivity contribution in [3.63, 3.8) is 0 Å². The summed E-state index contributed by atoms with van der Waals surface area (Å²) in [4.78, 5) is 14.6. The molecular formula is C98H100N6. The summed E-state index contributed by atoms with van der Waals surface area (Å²) in [5.41, 5.74) is 44.9. The minimum absolute atomic E-state index is 1.03. The molecule has 0 atom stereocenters. The van der Waals surface area contributed by atoms with E-state index in [1.807, 2.05) is 0 Å². The van der Waals surface area contributed by atoms with Gasteiger partial charge in [0, 0.05) is 68.2 Å². The molecule has 104 heavy (non-hydrogen) atoms. The predicted molar refractivity (Wildman–Crippen MR) is 449 cm³/mol. The van der Waals surface area contributed by atoms with E-state index in [0.717, 1.165) is 68.2 Å². The predicted octanol–water partition coefficient (Wildman–Crippen LogP) is 28.7. The Morgan fingerprint density at radius 3 is 0.365 bits per heavy atom. The number of rotatable bonds is 18. The van der Waals surface area contributed by atoms with Crippen LogP contribution in [0.5, 0.6) is 0 Å². The summed E-state index contributed by atoms with van der Waals surface area (Å²) in [6.45, 7) is 44.4.